The second kappa shape index (κ2) is 7.11. The molecule has 1 aromatic carbocycles. The summed E-state index contributed by atoms with van der Waals surface area (Å²) in [6.07, 6.45) is 2.99. The van der Waals surface area contributed by atoms with Gasteiger partial charge < -0.3 is 15.7 Å². The van der Waals surface area contributed by atoms with Crippen LogP contribution in [0.2, 0.25) is 0 Å². The van der Waals surface area contributed by atoms with E-state index < -0.39 is 11.9 Å². The lowest BCUT2D eigenvalue weighted by Crippen LogP contribution is -2.46. The predicted molar refractivity (Wildman–Crippen MR) is 79.9 cm³/mol. The van der Waals surface area contributed by atoms with Crippen molar-refractivity contribution in [1.82, 2.24) is 10.6 Å². The number of nitrogens with one attached hydrogen (secondary N) is 2. The van der Waals surface area contributed by atoms with Crippen LogP contribution in [-0.4, -0.2) is 23.1 Å². The fourth-order valence-electron chi connectivity index (χ4n) is 2.90. The molecule has 3 unspecified atom stereocenters. The highest BCUT2D eigenvalue weighted by atomic mass is 16.4. The highest BCUT2D eigenvalue weighted by Gasteiger charge is 2.34. The van der Waals surface area contributed by atoms with Crippen molar-refractivity contribution in [1.29, 1.82) is 0 Å². The zero-order valence-corrected chi connectivity index (χ0v) is 12.2. The fraction of sp³-hybridized carbons (Fsp3) is 0.500. The minimum absolute atomic E-state index is 0.0594. The standard InChI is InChI=1S/C16H22N2O3/c1-2-13(11-7-4-3-5-8-11)17-16(21)18-14-10-6-9-12(14)15(19)20/h3-5,7-8,12-14H,2,6,9-10H2,1H3,(H,19,20)(H2,17,18,21). The first-order valence-electron chi connectivity index (χ1n) is 7.46. The summed E-state index contributed by atoms with van der Waals surface area (Å²) in [7, 11) is 0. The smallest absolute Gasteiger partial charge is 0.315 e. The molecule has 1 aliphatic rings. The molecule has 114 valence electrons. The zero-order valence-electron chi connectivity index (χ0n) is 12.2. The van der Waals surface area contributed by atoms with Crippen molar-refractivity contribution in [3.63, 3.8) is 0 Å². The lowest BCUT2D eigenvalue weighted by atomic mass is 10.0. The first-order valence-corrected chi connectivity index (χ1v) is 7.46. The van der Waals surface area contributed by atoms with Crippen LogP contribution in [0.1, 0.15) is 44.2 Å². The summed E-state index contributed by atoms with van der Waals surface area (Å²) >= 11 is 0. The highest BCUT2D eigenvalue weighted by Crippen LogP contribution is 2.26. The van der Waals surface area contributed by atoms with Crippen LogP contribution in [-0.2, 0) is 4.79 Å². The van der Waals surface area contributed by atoms with Gasteiger partial charge in [0.25, 0.3) is 0 Å². The van der Waals surface area contributed by atoms with E-state index in [1.165, 1.54) is 0 Å². The van der Waals surface area contributed by atoms with Crippen molar-refractivity contribution in [2.24, 2.45) is 5.92 Å². The van der Waals surface area contributed by atoms with Crippen molar-refractivity contribution in [3.05, 3.63) is 35.9 Å². The number of carbonyl (C=O) groups excluding carboxylic acids is 1. The molecule has 1 aliphatic carbocycles. The number of hydrogen-bond donors (Lipinski definition) is 3. The largest absolute Gasteiger partial charge is 0.481 e. The number of rotatable bonds is 5. The van der Waals surface area contributed by atoms with Gasteiger partial charge in [0.1, 0.15) is 0 Å². The molecular weight excluding hydrogens is 268 g/mol. The van der Waals surface area contributed by atoms with Gasteiger partial charge in [-0.25, -0.2) is 4.79 Å². The first kappa shape index (κ1) is 15.4. The van der Waals surface area contributed by atoms with Crippen LogP contribution in [0.5, 0.6) is 0 Å². The van der Waals surface area contributed by atoms with E-state index in [-0.39, 0.29) is 18.1 Å². The maximum absolute atomic E-state index is 12.1. The van der Waals surface area contributed by atoms with Crippen molar-refractivity contribution in [2.45, 2.75) is 44.7 Å². The Morgan fingerprint density at radius 3 is 2.62 bits per heavy atom. The summed E-state index contributed by atoms with van der Waals surface area (Å²) < 4.78 is 0. The summed E-state index contributed by atoms with van der Waals surface area (Å²) in [5.74, 6) is -1.29. The van der Waals surface area contributed by atoms with E-state index in [2.05, 4.69) is 10.6 Å². The third-order valence-corrected chi connectivity index (χ3v) is 4.07. The van der Waals surface area contributed by atoms with Crippen molar-refractivity contribution >= 4 is 12.0 Å². The van der Waals surface area contributed by atoms with Gasteiger partial charge in [0, 0.05) is 6.04 Å². The molecular formula is C16H22N2O3. The van der Waals surface area contributed by atoms with E-state index >= 15 is 0 Å². The number of amides is 2. The van der Waals surface area contributed by atoms with E-state index in [4.69, 9.17) is 5.11 Å². The molecule has 0 bridgehead atoms. The molecule has 0 aromatic heterocycles. The van der Waals surface area contributed by atoms with Crippen LogP contribution >= 0.6 is 0 Å². The summed E-state index contributed by atoms with van der Waals surface area (Å²) in [6, 6.07) is 9.15. The molecule has 3 atom stereocenters. The van der Waals surface area contributed by atoms with E-state index in [1.807, 2.05) is 37.3 Å². The van der Waals surface area contributed by atoms with Gasteiger partial charge in [-0.2, -0.15) is 0 Å². The Morgan fingerprint density at radius 2 is 2.00 bits per heavy atom. The molecule has 0 aliphatic heterocycles. The topological polar surface area (TPSA) is 78.4 Å². The number of carboxylic acids is 1. The third-order valence-electron chi connectivity index (χ3n) is 4.07. The second-order valence-electron chi connectivity index (χ2n) is 5.47. The summed E-state index contributed by atoms with van der Waals surface area (Å²) in [4.78, 5) is 23.2. The molecule has 2 amide bonds. The molecule has 5 heteroatoms. The fourth-order valence-corrected chi connectivity index (χ4v) is 2.90. The van der Waals surface area contributed by atoms with Crippen LogP contribution < -0.4 is 10.6 Å². The van der Waals surface area contributed by atoms with Crippen molar-refractivity contribution in [2.75, 3.05) is 0 Å². The number of benzene rings is 1. The summed E-state index contributed by atoms with van der Waals surface area (Å²) in [5.41, 5.74) is 1.05. The second-order valence-corrected chi connectivity index (χ2v) is 5.47. The quantitative estimate of drug-likeness (QED) is 0.780. The number of carbonyl (C=O) groups is 2. The van der Waals surface area contributed by atoms with Gasteiger partial charge in [0.15, 0.2) is 0 Å². The lowest BCUT2D eigenvalue weighted by Gasteiger charge is -2.22. The van der Waals surface area contributed by atoms with Crippen LogP contribution in [0.4, 0.5) is 4.79 Å². The first-order chi connectivity index (χ1) is 10.1. The average Bonchev–Trinajstić information content (AvgIpc) is 2.94. The number of hydrogen-bond acceptors (Lipinski definition) is 2. The molecule has 0 spiro atoms. The molecule has 0 radical (unpaired) electrons. The molecule has 1 saturated carbocycles. The predicted octanol–water partition coefficient (Wildman–Crippen LogP) is 2.69. The van der Waals surface area contributed by atoms with Gasteiger partial charge >= 0.3 is 12.0 Å². The maximum Gasteiger partial charge on any atom is 0.315 e. The van der Waals surface area contributed by atoms with Crippen molar-refractivity contribution < 1.29 is 14.7 Å². The Balaban J connectivity index is 1.93. The van der Waals surface area contributed by atoms with E-state index in [1.54, 1.807) is 0 Å². The average molecular weight is 290 g/mol. The molecule has 0 saturated heterocycles. The van der Waals surface area contributed by atoms with Gasteiger partial charge in [-0.3, -0.25) is 4.79 Å². The Hall–Kier alpha value is -2.04. The number of carboxylic acid groups (broad SMARTS) is 1. The Morgan fingerprint density at radius 1 is 1.29 bits per heavy atom. The molecule has 21 heavy (non-hydrogen) atoms. The maximum atomic E-state index is 12.1. The Bertz CT molecular complexity index is 490. The molecule has 2 rings (SSSR count). The molecule has 0 heterocycles. The Kier molecular flexibility index (Phi) is 5.20. The minimum atomic E-state index is -0.826. The zero-order chi connectivity index (χ0) is 15.2. The van der Waals surface area contributed by atoms with E-state index in [0.717, 1.165) is 24.8 Å². The molecule has 1 aromatic rings. The van der Waals surface area contributed by atoms with Crippen LogP contribution in [0, 0.1) is 5.92 Å². The number of urea groups is 1. The minimum Gasteiger partial charge on any atom is -0.481 e. The van der Waals surface area contributed by atoms with Gasteiger partial charge in [-0.05, 0) is 24.8 Å². The van der Waals surface area contributed by atoms with Crippen LogP contribution in [0.25, 0.3) is 0 Å². The van der Waals surface area contributed by atoms with Crippen LogP contribution in [0.15, 0.2) is 30.3 Å². The Labute approximate surface area is 124 Å². The highest BCUT2D eigenvalue weighted by molar-refractivity contribution is 5.77. The molecule has 3 N–H and O–H groups in total. The van der Waals surface area contributed by atoms with Gasteiger partial charge in [-0.15, -0.1) is 0 Å². The summed E-state index contributed by atoms with van der Waals surface area (Å²) in [6.45, 7) is 2.01. The van der Waals surface area contributed by atoms with Gasteiger partial charge in [0.2, 0.25) is 0 Å². The van der Waals surface area contributed by atoms with E-state index in [0.29, 0.717) is 6.42 Å². The third kappa shape index (κ3) is 3.97. The summed E-state index contributed by atoms with van der Waals surface area (Å²) in [5, 5.41) is 14.9. The lowest BCUT2D eigenvalue weighted by molar-refractivity contribution is -0.142. The number of aliphatic carboxylic acids is 1. The molecule has 5 nitrogen and oxygen atoms in total. The SMILES string of the molecule is CCC(NC(=O)NC1CCCC1C(=O)O)c1ccccc1. The van der Waals surface area contributed by atoms with Gasteiger partial charge in [0.05, 0.1) is 12.0 Å². The van der Waals surface area contributed by atoms with E-state index in [9.17, 15) is 9.59 Å². The molecule has 1 fully saturated rings. The van der Waals surface area contributed by atoms with Crippen LogP contribution in [0.3, 0.4) is 0 Å². The monoisotopic (exact) mass is 290 g/mol. The van der Waals surface area contributed by atoms with Crippen molar-refractivity contribution in [3.8, 4) is 0 Å². The van der Waals surface area contributed by atoms with Gasteiger partial charge in [-0.1, -0.05) is 43.7 Å². The normalized spacial score (nSPS) is 22.5.